The molecule has 0 aliphatic heterocycles. The fourth-order valence-corrected chi connectivity index (χ4v) is 1.14. The van der Waals surface area contributed by atoms with Crippen LogP contribution in [0.4, 0.5) is 0 Å². The molecule has 0 aromatic carbocycles. The molecular weight excluding hydrogens is 128 g/mol. The summed E-state index contributed by atoms with van der Waals surface area (Å²) in [6.07, 6.45) is 0. The maximum atomic E-state index is 10.4. The van der Waals surface area contributed by atoms with E-state index in [1.165, 1.54) is 0 Å². The predicted octanol–water partition coefficient (Wildman–Crippen LogP) is 1.97. The number of hydrogen-bond acceptors (Lipinski definition) is 1. The molecular formula is C4H3OS2. The van der Waals surface area contributed by atoms with Gasteiger partial charge in [0.2, 0.25) is 0 Å². The summed E-state index contributed by atoms with van der Waals surface area (Å²) in [5.74, 6) is 0. The Balaban J connectivity index is 3.12. The summed E-state index contributed by atoms with van der Waals surface area (Å²) in [6.45, 7) is 0. The van der Waals surface area contributed by atoms with Crippen LogP contribution in [0.3, 0.4) is 0 Å². The van der Waals surface area contributed by atoms with E-state index < -0.39 is 10.8 Å². The van der Waals surface area contributed by atoms with Gasteiger partial charge in [-0.3, -0.25) is 0 Å². The Hall–Kier alpha value is -0.120. The van der Waals surface area contributed by atoms with E-state index in [0.717, 1.165) is 0 Å². The maximum absolute atomic E-state index is 10.4. The van der Waals surface area contributed by atoms with E-state index in [0.29, 0.717) is 4.21 Å². The first kappa shape index (κ1) is 5.03. The summed E-state index contributed by atoms with van der Waals surface area (Å²) < 4.78 is 11.0. The molecule has 0 amide bonds. The molecule has 0 fully saturated rings. The molecule has 0 spiro atoms. The molecule has 0 bridgehead atoms. The standard InChI is InChI=1S/C4H3OS2/c5-7-3-1-2-4(7)6/h1-3H. The Morgan fingerprint density at radius 2 is 2.43 bits per heavy atom. The average Bonchev–Trinajstić information content (AvgIpc) is 1.91. The second-order valence-corrected chi connectivity index (χ2v) is 3.12. The van der Waals surface area contributed by atoms with E-state index in [4.69, 9.17) is 0 Å². The van der Waals surface area contributed by atoms with E-state index in [9.17, 15) is 4.55 Å². The summed E-state index contributed by atoms with van der Waals surface area (Å²) in [7, 11) is -0.972. The van der Waals surface area contributed by atoms with Gasteiger partial charge in [-0.1, -0.05) is 0 Å². The summed E-state index contributed by atoms with van der Waals surface area (Å²) in [4.78, 5) is 0. The molecule has 1 nitrogen and oxygen atoms in total. The van der Waals surface area contributed by atoms with Crippen molar-refractivity contribution in [3.8, 4) is 0 Å². The Labute approximate surface area is 50.2 Å². The molecule has 0 N–H and O–H groups in total. The van der Waals surface area contributed by atoms with Crippen LogP contribution in [0, 0.1) is 0 Å². The molecule has 0 aliphatic carbocycles. The van der Waals surface area contributed by atoms with E-state index in [2.05, 4.69) is 12.6 Å². The van der Waals surface area contributed by atoms with Gasteiger partial charge in [0.15, 0.2) is 0 Å². The van der Waals surface area contributed by atoms with Crippen molar-refractivity contribution in [2.75, 3.05) is 0 Å². The van der Waals surface area contributed by atoms with Crippen LogP contribution in [0.15, 0.2) is 21.7 Å². The van der Waals surface area contributed by atoms with Crippen LogP contribution in [0.1, 0.15) is 0 Å². The molecule has 1 unspecified atom stereocenters. The molecule has 0 saturated heterocycles. The molecule has 1 radical (unpaired) electrons. The Morgan fingerprint density at radius 1 is 1.71 bits per heavy atom. The maximum Gasteiger partial charge on any atom is 0.275 e. The average molecular weight is 131 g/mol. The summed E-state index contributed by atoms with van der Waals surface area (Å²) >= 11 is 4.62. The van der Waals surface area contributed by atoms with Gasteiger partial charge in [-0.15, -0.1) is 10.8 Å². The zero-order valence-electron chi connectivity index (χ0n) is 3.46. The second-order valence-electron chi connectivity index (χ2n) is 1.11. The third kappa shape index (κ3) is 0.907. The van der Waals surface area contributed by atoms with Crippen molar-refractivity contribution in [3.05, 3.63) is 17.5 Å². The van der Waals surface area contributed by atoms with E-state index in [1.54, 1.807) is 17.5 Å². The van der Waals surface area contributed by atoms with Gasteiger partial charge >= 0.3 is 0 Å². The lowest BCUT2D eigenvalue weighted by Gasteiger charge is -1.86. The van der Waals surface area contributed by atoms with E-state index in [-0.39, 0.29) is 0 Å². The molecule has 1 aromatic heterocycles. The highest BCUT2D eigenvalue weighted by Gasteiger charge is 1.96. The summed E-state index contributed by atoms with van der Waals surface area (Å²) in [5.41, 5.74) is 0. The fraction of sp³-hybridized carbons (Fsp3) is 0. The SMILES string of the molecule is [O-][s+]1cccc1[S]. The van der Waals surface area contributed by atoms with Gasteiger partial charge in [0, 0.05) is 6.07 Å². The van der Waals surface area contributed by atoms with Gasteiger partial charge in [0.25, 0.3) is 16.8 Å². The van der Waals surface area contributed by atoms with Crippen LogP contribution in [-0.4, -0.2) is 4.55 Å². The molecule has 1 rings (SSSR count). The van der Waals surface area contributed by atoms with Crippen molar-refractivity contribution in [3.63, 3.8) is 0 Å². The minimum atomic E-state index is -0.972. The highest BCUT2D eigenvalue weighted by Crippen LogP contribution is 2.22. The first-order chi connectivity index (χ1) is 3.30. The van der Waals surface area contributed by atoms with E-state index >= 15 is 0 Å². The van der Waals surface area contributed by atoms with Crippen molar-refractivity contribution in [2.45, 2.75) is 4.21 Å². The van der Waals surface area contributed by atoms with Gasteiger partial charge in [0.05, 0.1) is 5.38 Å². The lowest BCUT2D eigenvalue weighted by molar-refractivity contribution is 0.594. The van der Waals surface area contributed by atoms with Crippen molar-refractivity contribution in [2.24, 2.45) is 0 Å². The van der Waals surface area contributed by atoms with Crippen molar-refractivity contribution in [1.29, 1.82) is 0 Å². The van der Waals surface area contributed by atoms with Crippen LogP contribution in [0.25, 0.3) is 0 Å². The Bertz CT molecular complexity index is 142. The zero-order chi connectivity index (χ0) is 5.28. The van der Waals surface area contributed by atoms with Gasteiger partial charge in [-0.05, 0) is 6.07 Å². The number of rotatable bonds is 0. The molecule has 0 aliphatic rings. The molecule has 0 saturated carbocycles. The molecule has 1 atom stereocenters. The number of hydrogen-bond donors (Lipinski definition) is 0. The monoisotopic (exact) mass is 131 g/mol. The van der Waals surface area contributed by atoms with Crippen molar-refractivity contribution < 1.29 is 4.55 Å². The van der Waals surface area contributed by atoms with Gasteiger partial charge in [-0.25, -0.2) is 0 Å². The Morgan fingerprint density at radius 3 is 2.57 bits per heavy atom. The third-order valence-electron chi connectivity index (χ3n) is 0.633. The van der Waals surface area contributed by atoms with Crippen molar-refractivity contribution in [1.82, 2.24) is 0 Å². The van der Waals surface area contributed by atoms with Gasteiger partial charge in [0.1, 0.15) is 0 Å². The minimum Gasteiger partial charge on any atom is -0.688 e. The lowest BCUT2D eigenvalue weighted by atomic mass is 10.7. The highest BCUT2D eigenvalue weighted by atomic mass is 32.2. The van der Waals surface area contributed by atoms with Crippen LogP contribution in [-0.2, 0) is 0 Å². The van der Waals surface area contributed by atoms with Gasteiger partial charge in [-0.2, -0.15) is 0 Å². The molecule has 3 heteroatoms. The quantitative estimate of drug-likeness (QED) is 0.494. The predicted molar refractivity (Wildman–Crippen MR) is 31.0 cm³/mol. The normalized spacial score (nSPS) is 11.9. The lowest BCUT2D eigenvalue weighted by Crippen LogP contribution is -1.48. The van der Waals surface area contributed by atoms with Crippen LogP contribution < -0.4 is 0 Å². The third-order valence-corrected chi connectivity index (χ3v) is 2.20. The first-order valence-electron chi connectivity index (χ1n) is 1.77. The van der Waals surface area contributed by atoms with Crippen LogP contribution in [0.5, 0.6) is 0 Å². The largest absolute Gasteiger partial charge is 0.688 e. The molecule has 1 heterocycles. The smallest absolute Gasteiger partial charge is 0.275 e. The number of thiophene rings is 1. The molecule has 37 valence electrons. The molecule has 1 aromatic rings. The topological polar surface area (TPSA) is 23.1 Å². The van der Waals surface area contributed by atoms with Crippen molar-refractivity contribution >= 4 is 23.4 Å². The highest BCUT2D eigenvalue weighted by molar-refractivity contribution is 7.83. The fourth-order valence-electron chi connectivity index (χ4n) is 0.323. The molecule has 7 heavy (non-hydrogen) atoms. The van der Waals surface area contributed by atoms with Crippen LogP contribution in [0.2, 0.25) is 0 Å². The minimum absolute atomic E-state index is 0.528. The Kier molecular flexibility index (Phi) is 1.27. The summed E-state index contributed by atoms with van der Waals surface area (Å²) in [6, 6.07) is 3.38. The van der Waals surface area contributed by atoms with Crippen LogP contribution >= 0.6 is 23.4 Å². The summed E-state index contributed by atoms with van der Waals surface area (Å²) in [5, 5.41) is 1.57. The first-order valence-corrected chi connectivity index (χ1v) is 3.39. The van der Waals surface area contributed by atoms with E-state index in [1.807, 2.05) is 0 Å². The second kappa shape index (κ2) is 1.78. The zero-order valence-corrected chi connectivity index (χ0v) is 5.09. The van der Waals surface area contributed by atoms with Gasteiger partial charge < -0.3 is 4.55 Å².